The maximum Gasteiger partial charge on any atom is 0.224 e. The predicted molar refractivity (Wildman–Crippen MR) is 147 cm³/mol. The fourth-order valence-electron chi connectivity index (χ4n) is 4.37. The fraction of sp³-hybridized carbons (Fsp3) is 0.333. The largest absolute Gasteiger partial charge is 0.493 e. The lowest BCUT2D eigenvalue weighted by molar-refractivity contribution is -0.120. The second-order valence-electron chi connectivity index (χ2n) is 8.72. The minimum Gasteiger partial charge on any atom is -0.493 e. The number of methoxy groups -OCH3 is 2. The SMILES string of the molecule is CCOc1ccccc1OCCn1c(CCCNC(=O)Cc2ccc(OC)c(OC)c2)nc2ccccc21. The van der Waals surface area contributed by atoms with Crippen molar-refractivity contribution >= 4 is 16.9 Å². The predicted octanol–water partition coefficient (Wildman–Crippen LogP) is 4.82. The molecule has 4 rings (SSSR count). The molecule has 1 aromatic heterocycles. The van der Waals surface area contributed by atoms with Gasteiger partial charge in [0.05, 0.1) is 44.8 Å². The van der Waals surface area contributed by atoms with Crippen molar-refractivity contribution in [3.63, 3.8) is 0 Å². The second kappa shape index (κ2) is 13.4. The number of hydrogen-bond acceptors (Lipinski definition) is 6. The lowest BCUT2D eigenvalue weighted by atomic mass is 10.1. The smallest absolute Gasteiger partial charge is 0.224 e. The van der Waals surface area contributed by atoms with Gasteiger partial charge in [-0.3, -0.25) is 4.79 Å². The molecule has 0 bridgehead atoms. The van der Waals surface area contributed by atoms with Crippen molar-refractivity contribution < 1.29 is 23.7 Å². The molecular formula is C30H35N3O5. The minimum absolute atomic E-state index is 0.0351. The van der Waals surface area contributed by atoms with E-state index in [0.29, 0.717) is 37.8 Å². The summed E-state index contributed by atoms with van der Waals surface area (Å²) in [6, 6.07) is 21.3. The van der Waals surface area contributed by atoms with Crippen LogP contribution in [0.25, 0.3) is 11.0 Å². The lowest BCUT2D eigenvalue weighted by Crippen LogP contribution is -2.26. The zero-order valence-electron chi connectivity index (χ0n) is 22.2. The highest BCUT2D eigenvalue weighted by Gasteiger charge is 2.12. The number of amides is 1. The number of carbonyl (C=O) groups is 1. The summed E-state index contributed by atoms with van der Waals surface area (Å²) in [5.74, 6) is 3.67. The van der Waals surface area contributed by atoms with Crippen LogP contribution in [-0.2, 0) is 24.2 Å². The molecule has 0 fully saturated rings. The Morgan fingerprint density at radius 1 is 0.895 bits per heavy atom. The van der Waals surface area contributed by atoms with Crippen LogP contribution in [0.2, 0.25) is 0 Å². The Bertz CT molecular complexity index is 1350. The van der Waals surface area contributed by atoms with Crippen LogP contribution in [0, 0.1) is 0 Å². The van der Waals surface area contributed by atoms with Gasteiger partial charge in [-0.1, -0.05) is 30.3 Å². The van der Waals surface area contributed by atoms with Gasteiger partial charge in [-0.05, 0) is 55.3 Å². The average molecular weight is 518 g/mol. The molecule has 1 heterocycles. The van der Waals surface area contributed by atoms with Crippen molar-refractivity contribution in [2.45, 2.75) is 32.7 Å². The van der Waals surface area contributed by atoms with Gasteiger partial charge in [-0.15, -0.1) is 0 Å². The number of aryl methyl sites for hydroxylation is 1. The van der Waals surface area contributed by atoms with Gasteiger partial charge in [0.25, 0.3) is 0 Å². The zero-order chi connectivity index (χ0) is 26.7. The second-order valence-corrected chi connectivity index (χ2v) is 8.72. The summed E-state index contributed by atoms with van der Waals surface area (Å²) in [6.07, 6.45) is 1.79. The number of fused-ring (bicyclic) bond motifs is 1. The maximum absolute atomic E-state index is 12.5. The topological polar surface area (TPSA) is 83.8 Å². The highest BCUT2D eigenvalue weighted by molar-refractivity contribution is 5.79. The van der Waals surface area contributed by atoms with E-state index in [1.807, 2.05) is 67.6 Å². The molecule has 0 radical (unpaired) electrons. The summed E-state index contributed by atoms with van der Waals surface area (Å²) in [6.45, 7) is 4.25. The maximum atomic E-state index is 12.5. The molecule has 1 amide bonds. The van der Waals surface area contributed by atoms with Crippen LogP contribution < -0.4 is 24.3 Å². The third-order valence-electron chi connectivity index (χ3n) is 6.17. The van der Waals surface area contributed by atoms with Gasteiger partial charge in [0.1, 0.15) is 12.4 Å². The molecular weight excluding hydrogens is 482 g/mol. The van der Waals surface area contributed by atoms with Crippen LogP contribution in [0.1, 0.15) is 24.7 Å². The molecule has 1 N–H and O–H groups in total. The monoisotopic (exact) mass is 517 g/mol. The number of benzene rings is 3. The molecule has 0 unspecified atom stereocenters. The van der Waals surface area contributed by atoms with Gasteiger partial charge in [-0.2, -0.15) is 0 Å². The van der Waals surface area contributed by atoms with Crippen molar-refractivity contribution in [2.24, 2.45) is 0 Å². The fourth-order valence-corrected chi connectivity index (χ4v) is 4.37. The van der Waals surface area contributed by atoms with Crippen molar-refractivity contribution in [2.75, 3.05) is 34.0 Å². The summed E-state index contributed by atoms with van der Waals surface area (Å²) < 4.78 is 24.5. The Kier molecular flexibility index (Phi) is 9.45. The van der Waals surface area contributed by atoms with E-state index in [1.165, 1.54) is 0 Å². The van der Waals surface area contributed by atoms with Crippen molar-refractivity contribution in [3.05, 3.63) is 78.1 Å². The molecule has 0 saturated heterocycles. The zero-order valence-corrected chi connectivity index (χ0v) is 22.2. The standard InChI is InChI=1S/C30H35N3O5/c1-4-37-26-12-7-8-13-27(26)38-19-18-33-24-11-6-5-10-23(24)32-29(33)14-9-17-31-30(34)21-22-15-16-25(35-2)28(20-22)36-3/h5-8,10-13,15-16,20H,4,9,14,17-19,21H2,1-3H3,(H,31,34). The number of para-hydroxylation sites is 4. The van der Waals surface area contributed by atoms with E-state index in [-0.39, 0.29) is 12.3 Å². The number of imidazole rings is 1. The number of rotatable bonds is 14. The first-order valence-corrected chi connectivity index (χ1v) is 12.9. The molecule has 0 aliphatic heterocycles. The Morgan fingerprint density at radius 3 is 2.39 bits per heavy atom. The van der Waals surface area contributed by atoms with E-state index in [2.05, 4.69) is 16.0 Å². The van der Waals surface area contributed by atoms with Gasteiger partial charge >= 0.3 is 0 Å². The van der Waals surface area contributed by atoms with Gasteiger partial charge in [0.15, 0.2) is 23.0 Å². The van der Waals surface area contributed by atoms with Crippen LogP contribution >= 0.6 is 0 Å². The Balaban J connectivity index is 1.32. The normalized spacial score (nSPS) is 10.8. The molecule has 0 saturated carbocycles. The van der Waals surface area contributed by atoms with Gasteiger partial charge in [-0.25, -0.2) is 4.98 Å². The molecule has 4 aromatic rings. The average Bonchev–Trinajstić information content (AvgIpc) is 3.29. The molecule has 0 spiro atoms. The molecule has 38 heavy (non-hydrogen) atoms. The van der Waals surface area contributed by atoms with Gasteiger partial charge in [0, 0.05) is 13.0 Å². The van der Waals surface area contributed by atoms with E-state index < -0.39 is 0 Å². The lowest BCUT2D eigenvalue weighted by Gasteiger charge is -2.14. The number of aromatic nitrogens is 2. The van der Waals surface area contributed by atoms with Crippen LogP contribution in [-0.4, -0.2) is 49.4 Å². The highest BCUT2D eigenvalue weighted by atomic mass is 16.5. The quantitative estimate of drug-likeness (QED) is 0.242. The molecule has 200 valence electrons. The third-order valence-corrected chi connectivity index (χ3v) is 6.17. The van der Waals surface area contributed by atoms with Gasteiger partial charge < -0.3 is 28.8 Å². The highest BCUT2D eigenvalue weighted by Crippen LogP contribution is 2.28. The summed E-state index contributed by atoms with van der Waals surface area (Å²) in [7, 11) is 3.17. The number of hydrogen-bond donors (Lipinski definition) is 1. The molecule has 0 atom stereocenters. The first-order valence-electron chi connectivity index (χ1n) is 12.9. The van der Waals surface area contributed by atoms with Crippen LogP contribution in [0.15, 0.2) is 66.7 Å². The third kappa shape index (κ3) is 6.76. The van der Waals surface area contributed by atoms with E-state index in [4.69, 9.17) is 23.9 Å². The van der Waals surface area contributed by atoms with Gasteiger partial charge in [0.2, 0.25) is 5.91 Å². The number of nitrogens with zero attached hydrogens (tertiary/aromatic N) is 2. The van der Waals surface area contributed by atoms with E-state index in [0.717, 1.165) is 46.8 Å². The van der Waals surface area contributed by atoms with Crippen LogP contribution in [0.4, 0.5) is 0 Å². The summed E-state index contributed by atoms with van der Waals surface area (Å²) >= 11 is 0. The van der Waals surface area contributed by atoms with E-state index in [9.17, 15) is 4.79 Å². The summed E-state index contributed by atoms with van der Waals surface area (Å²) in [4.78, 5) is 17.4. The summed E-state index contributed by atoms with van der Waals surface area (Å²) in [5, 5.41) is 3.02. The van der Waals surface area contributed by atoms with Crippen molar-refractivity contribution in [1.82, 2.24) is 14.9 Å². The molecule has 0 aliphatic carbocycles. The Labute approximate surface area is 223 Å². The van der Waals surface area contributed by atoms with Crippen LogP contribution in [0.5, 0.6) is 23.0 Å². The number of nitrogens with one attached hydrogen (secondary N) is 1. The Morgan fingerprint density at radius 2 is 1.63 bits per heavy atom. The molecule has 8 heteroatoms. The van der Waals surface area contributed by atoms with Crippen LogP contribution in [0.3, 0.4) is 0 Å². The number of carbonyl (C=O) groups excluding carboxylic acids is 1. The first kappa shape index (κ1) is 26.9. The minimum atomic E-state index is -0.0351. The van der Waals surface area contributed by atoms with E-state index in [1.54, 1.807) is 14.2 Å². The van der Waals surface area contributed by atoms with E-state index >= 15 is 0 Å². The van der Waals surface area contributed by atoms with Crippen molar-refractivity contribution in [3.8, 4) is 23.0 Å². The van der Waals surface area contributed by atoms with Crippen molar-refractivity contribution in [1.29, 1.82) is 0 Å². The molecule has 8 nitrogen and oxygen atoms in total. The molecule has 0 aliphatic rings. The number of ether oxygens (including phenoxy) is 4. The summed E-state index contributed by atoms with van der Waals surface area (Å²) in [5.41, 5.74) is 2.89. The molecule has 3 aromatic carbocycles. The first-order chi connectivity index (χ1) is 18.6. The Hall–Kier alpha value is -4.20.